The summed E-state index contributed by atoms with van der Waals surface area (Å²) >= 11 is 0. The van der Waals surface area contributed by atoms with Gasteiger partial charge in [0.2, 0.25) is 0 Å². The molecule has 1 saturated heterocycles. The molecule has 0 bridgehead atoms. The predicted octanol–water partition coefficient (Wildman–Crippen LogP) is 2.27. The summed E-state index contributed by atoms with van der Waals surface area (Å²) in [5, 5.41) is 3.38. The third kappa shape index (κ3) is 2.45. The van der Waals surface area contributed by atoms with E-state index in [0.717, 1.165) is 43.0 Å². The number of anilines is 1. The molecule has 0 spiro atoms. The van der Waals surface area contributed by atoms with Crippen LogP contribution in [0.4, 0.5) is 5.69 Å². The molecular formula is C15H22N4. The molecule has 1 aromatic carbocycles. The van der Waals surface area contributed by atoms with E-state index in [-0.39, 0.29) is 5.41 Å². The second-order valence-electron chi connectivity index (χ2n) is 6.27. The first kappa shape index (κ1) is 12.5. The number of nitrogens with one attached hydrogen (secondary N) is 2. The Morgan fingerprint density at radius 2 is 1.89 bits per heavy atom. The normalized spacial score (nSPS) is 17.1. The number of rotatable bonds is 1. The first-order chi connectivity index (χ1) is 9.04. The lowest BCUT2D eigenvalue weighted by atomic mass is 9.96. The van der Waals surface area contributed by atoms with Crippen LogP contribution in [0.5, 0.6) is 0 Å². The minimum absolute atomic E-state index is 0.0637. The number of H-pyrrole nitrogens is 1. The van der Waals surface area contributed by atoms with Crippen LogP contribution in [0.2, 0.25) is 0 Å². The maximum atomic E-state index is 4.68. The van der Waals surface area contributed by atoms with Gasteiger partial charge >= 0.3 is 0 Å². The highest BCUT2D eigenvalue weighted by Gasteiger charge is 2.19. The van der Waals surface area contributed by atoms with Gasteiger partial charge in [-0.1, -0.05) is 20.8 Å². The van der Waals surface area contributed by atoms with Gasteiger partial charge in [-0.2, -0.15) is 0 Å². The maximum Gasteiger partial charge on any atom is 0.112 e. The molecule has 0 unspecified atom stereocenters. The third-order valence-corrected chi connectivity index (χ3v) is 3.66. The SMILES string of the molecule is CC(C)(C)c1nc2ccc(N3CCNCC3)cc2[nH]1. The Balaban J connectivity index is 1.96. The lowest BCUT2D eigenvalue weighted by Gasteiger charge is -2.29. The summed E-state index contributed by atoms with van der Waals surface area (Å²) in [6.45, 7) is 10.8. The van der Waals surface area contributed by atoms with Gasteiger partial charge in [0, 0.05) is 37.3 Å². The summed E-state index contributed by atoms with van der Waals surface area (Å²) in [7, 11) is 0. The molecule has 0 amide bonds. The van der Waals surface area contributed by atoms with Gasteiger partial charge in [0.25, 0.3) is 0 Å². The van der Waals surface area contributed by atoms with Crippen LogP contribution in [0.3, 0.4) is 0 Å². The number of imidazole rings is 1. The van der Waals surface area contributed by atoms with Gasteiger partial charge in [-0.25, -0.2) is 4.98 Å². The van der Waals surface area contributed by atoms with Crippen LogP contribution in [-0.2, 0) is 5.41 Å². The Labute approximate surface area is 114 Å². The van der Waals surface area contributed by atoms with E-state index >= 15 is 0 Å². The highest BCUT2D eigenvalue weighted by molar-refractivity contribution is 5.80. The lowest BCUT2D eigenvalue weighted by Crippen LogP contribution is -2.43. The number of fused-ring (bicyclic) bond motifs is 1. The highest BCUT2D eigenvalue weighted by atomic mass is 15.2. The zero-order chi connectivity index (χ0) is 13.5. The summed E-state index contributed by atoms with van der Waals surface area (Å²) in [5.41, 5.74) is 3.55. The van der Waals surface area contributed by atoms with Crippen LogP contribution in [0.25, 0.3) is 11.0 Å². The Bertz CT molecular complexity index is 573. The average molecular weight is 258 g/mol. The summed E-state index contributed by atoms with van der Waals surface area (Å²) in [6, 6.07) is 6.53. The second kappa shape index (κ2) is 4.53. The first-order valence-corrected chi connectivity index (χ1v) is 7.00. The topological polar surface area (TPSA) is 44.0 Å². The fourth-order valence-corrected chi connectivity index (χ4v) is 2.47. The van der Waals surface area contributed by atoms with Crippen LogP contribution in [0.15, 0.2) is 18.2 Å². The lowest BCUT2D eigenvalue weighted by molar-refractivity contribution is 0.554. The quantitative estimate of drug-likeness (QED) is 0.824. The molecule has 3 rings (SSSR count). The average Bonchev–Trinajstić information content (AvgIpc) is 2.82. The van der Waals surface area contributed by atoms with E-state index in [4.69, 9.17) is 0 Å². The summed E-state index contributed by atoms with van der Waals surface area (Å²) in [5.74, 6) is 1.06. The van der Waals surface area contributed by atoms with Crippen LogP contribution in [-0.4, -0.2) is 36.1 Å². The minimum Gasteiger partial charge on any atom is -0.369 e. The van der Waals surface area contributed by atoms with Crippen molar-refractivity contribution < 1.29 is 0 Å². The molecular weight excluding hydrogens is 236 g/mol. The van der Waals surface area contributed by atoms with Gasteiger partial charge in [0.1, 0.15) is 5.82 Å². The fraction of sp³-hybridized carbons (Fsp3) is 0.533. The molecule has 19 heavy (non-hydrogen) atoms. The highest BCUT2D eigenvalue weighted by Crippen LogP contribution is 2.25. The van der Waals surface area contributed by atoms with Gasteiger partial charge in [-0.15, -0.1) is 0 Å². The van der Waals surface area contributed by atoms with E-state index in [0.29, 0.717) is 0 Å². The smallest absolute Gasteiger partial charge is 0.112 e. The van der Waals surface area contributed by atoms with E-state index in [1.54, 1.807) is 0 Å². The van der Waals surface area contributed by atoms with Crippen molar-refractivity contribution >= 4 is 16.7 Å². The standard InChI is InChI=1S/C15H22N4/c1-15(2,3)14-17-12-5-4-11(10-13(12)18-14)19-8-6-16-7-9-19/h4-5,10,16H,6-9H2,1-3H3,(H,17,18). The fourth-order valence-electron chi connectivity index (χ4n) is 2.47. The van der Waals surface area contributed by atoms with Gasteiger partial charge < -0.3 is 15.2 Å². The molecule has 102 valence electrons. The summed E-state index contributed by atoms with van der Waals surface area (Å²) in [6.07, 6.45) is 0. The van der Waals surface area contributed by atoms with Crippen molar-refractivity contribution in [3.8, 4) is 0 Å². The van der Waals surface area contributed by atoms with Crippen LogP contribution in [0.1, 0.15) is 26.6 Å². The molecule has 2 aromatic rings. The Hall–Kier alpha value is -1.55. The molecule has 2 heterocycles. The Morgan fingerprint density at radius 1 is 1.16 bits per heavy atom. The van der Waals surface area contributed by atoms with Crippen molar-refractivity contribution in [2.75, 3.05) is 31.1 Å². The van der Waals surface area contributed by atoms with Crippen molar-refractivity contribution in [2.24, 2.45) is 0 Å². The van der Waals surface area contributed by atoms with E-state index in [9.17, 15) is 0 Å². The van der Waals surface area contributed by atoms with Crippen LogP contribution < -0.4 is 10.2 Å². The van der Waals surface area contributed by atoms with Crippen molar-refractivity contribution in [2.45, 2.75) is 26.2 Å². The molecule has 0 aliphatic carbocycles. The van der Waals surface area contributed by atoms with E-state index in [1.807, 2.05) is 0 Å². The number of aromatic nitrogens is 2. The van der Waals surface area contributed by atoms with Crippen molar-refractivity contribution in [3.63, 3.8) is 0 Å². The molecule has 1 aromatic heterocycles. The molecule has 0 radical (unpaired) electrons. The molecule has 2 N–H and O–H groups in total. The van der Waals surface area contributed by atoms with Crippen molar-refractivity contribution in [3.05, 3.63) is 24.0 Å². The number of piperazine rings is 1. The molecule has 1 aliphatic rings. The molecule has 4 nitrogen and oxygen atoms in total. The largest absolute Gasteiger partial charge is 0.369 e. The van der Waals surface area contributed by atoms with Crippen molar-refractivity contribution in [1.29, 1.82) is 0 Å². The summed E-state index contributed by atoms with van der Waals surface area (Å²) < 4.78 is 0. The number of aromatic amines is 1. The number of nitrogens with zero attached hydrogens (tertiary/aromatic N) is 2. The van der Waals surface area contributed by atoms with Crippen LogP contribution in [0, 0.1) is 0 Å². The number of benzene rings is 1. The first-order valence-electron chi connectivity index (χ1n) is 7.00. The zero-order valence-corrected chi connectivity index (χ0v) is 12.0. The Morgan fingerprint density at radius 3 is 2.58 bits per heavy atom. The Kier molecular flexibility index (Phi) is 2.97. The minimum atomic E-state index is 0.0637. The van der Waals surface area contributed by atoms with Crippen molar-refractivity contribution in [1.82, 2.24) is 15.3 Å². The monoisotopic (exact) mass is 258 g/mol. The number of hydrogen-bond donors (Lipinski definition) is 2. The van der Waals surface area contributed by atoms with Crippen LogP contribution >= 0.6 is 0 Å². The van der Waals surface area contributed by atoms with Gasteiger partial charge in [-0.3, -0.25) is 0 Å². The molecule has 4 heteroatoms. The third-order valence-electron chi connectivity index (χ3n) is 3.66. The van der Waals surface area contributed by atoms with E-state index < -0.39 is 0 Å². The van der Waals surface area contributed by atoms with E-state index in [2.05, 4.69) is 59.2 Å². The van der Waals surface area contributed by atoms with Gasteiger partial charge in [-0.05, 0) is 18.2 Å². The maximum absolute atomic E-state index is 4.68. The van der Waals surface area contributed by atoms with Gasteiger partial charge in [0.05, 0.1) is 11.0 Å². The zero-order valence-electron chi connectivity index (χ0n) is 12.0. The summed E-state index contributed by atoms with van der Waals surface area (Å²) in [4.78, 5) is 10.6. The molecule has 1 fully saturated rings. The van der Waals surface area contributed by atoms with E-state index in [1.165, 1.54) is 5.69 Å². The second-order valence-corrected chi connectivity index (χ2v) is 6.27. The predicted molar refractivity (Wildman–Crippen MR) is 79.9 cm³/mol. The number of hydrogen-bond acceptors (Lipinski definition) is 3. The molecule has 0 atom stereocenters. The van der Waals surface area contributed by atoms with Gasteiger partial charge in [0.15, 0.2) is 0 Å². The molecule has 0 saturated carbocycles. The molecule has 1 aliphatic heterocycles.